The number of carbonyl (C=O) groups is 1. The summed E-state index contributed by atoms with van der Waals surface area (Å²) in [7, 11) is 0. The van der Waals surface area contributed by atoms with E-state index in [1.807, 2.05) is 19.1 Å². The van der Waals surface area contributed by atoms with Crippen LogP contribution in [0.25, 0.3) is 6.08 Å². The van der Waals surface area contributed by atoms with Crippen molar-refractivity contribution >= 4 is 23.7 Å². The molecule has 5 heteroatoms. The van der Waals surface area contributed by atoms with Gasteiger partial charge in [-0.3, -0.25) is 4.79 Å². The molecule has 2 N–H and O–H groups in total. The molecule has 110 valence electrons. The van der Waals surface area contributed by atoms with Gasteiger partial charge in [-0.05, 0) is 43.7 Å². The molecule has 1 aromatic heterocycles. The zero-order valence-electron chi connectivity index (χ0n) is 11.9. The van der Waals surface area contributed by atoms with Crippen molar-refractivity contribution in [1.82, 2.24) is 5.32 Å². The molecule has 1 amide bonds. The summed E-state index contributed by atoms with van der Waals surface area (Å²) in [6.07, 6.45) is 4.84. The highest BCUT2D eigenvalue weighted by molar-refractivity contribution is 8.00. The molecule has 1 aliphatic carbocycles. The normalized spacial score (nSPS) is 25.6. The fourth-order valence-corrected chi connectivity index (χ4v) is 3.44. The maximum absolute atomic E-state index is 11.7. The Labute approximate surface area is 123 Å². The second kappa shape index (κ2) is 6.50. The zero-order valence-corrected chi connectivity index (χ0v) is 12.7. The van der Waals surface area contributed by atoms with Crippen molar-refractivity contribution in [1.29, 1.82) is 0 Å². The lowest BCUT2D eigenvalue weighted by molar-refractivity contribution is -0.118. The summed E-state index contributed by atoms with van der Waals surface area (Å²) in [6, 6.07) is 3.66. The van der Waals surface area contributed by atoms with E-state index in [2.05, 4.69) is 12.2 Å². The van der Waals surface area contributed by atoms with E-state index in [1.54, 1.807) is 17.8 Å². The number of nitrogens with one attached hydrogen (secondary N) is 1. The average Bonchev–Trinajstić information content (AvgIpc) is 2.84. The van der Waals surface area contributed by atoms with Crippen LogP contribution in [-0.4, -0.2) is 34.2 Å². The molecule has 1 aromatic rings. The number of aliphatic hydroxyl groups is 1. The molecule has 20 heavy (non-hydrogen) atoms. The maximum Gasteiger partial charge on any atom is 0.244 e. The van der Waals surface area contributed by atoms with Crippen molar-refractivity contribution in [2.75, 3.05) is 12.3 Å². The molecule has 4 nitrogen and oxygen atoms in total. The minimum Gasteiger partial charge on any atom is -0.462 e. The molecule has 2 unspecified atom stereocenters. The van der Waals surface area contributed by atoms with E-state index in [9.17, 15) is 9.90 Å². The van der Waals surface area contributed by atoms with Gasteiger partial charge in [0.2, 0.25) is 5.91 Å². The lowest BCUT2D eigenvalue weighted by Crippen LogP contribution is -2.56. The molecule has 0 radical (unpaired) electrons. The summed E-state index contributed by atoms with van der Waals surface area (Å²) >= 11 is 1.76. The van der Waals surface area contributed by atoms with Crippen molar-refractivity contribution in [3.8, 4) is 0 Å². The highest BCUT2D eigenvalue weighted by Gasteiger charge is 2.45. The fraction of sp³-hybridized carbons (Fsp3) is 0.533. The third-order valence-electron chi connectivity index (χ3n) is 3.54. The highest BCUT2D eigenvalue weighted by Crippen LogP contribution is 2.40. The molecule has 1 saturated carbocycles. The van der Waals surface area contributed by atoms with Crippen molar-refractivity contribution in [3.05, 3.63) is 29.7 Å². The standard InChI is InChI=1S/C15H21NO3S/c1-3-20-13-8-9-15(13,18)10-16-14(17)7-6-12-5-4-11(2)19-12/h4-7,13,18H,3,8-10H2,1-2H3,(H,16,17). The van der Waals surface area contributed by atoms with Crippen LogP contribution >= 0.6 is 11.8 Å². The van der Waals surface area contributed by atoms with Crippen molar-refractivity contribution in [3.63, 3.8) is 0 Å². The molecule has 0 spiro atoms. The Morgan fingerprint density at radius 2 is 2.45 bits per heavy atom. The Morgan fingerprint density at radius 3 is 3.00 bits per heavy atom. The second-order valence-corrected chi connectivity index (χ2v) is 6.57. The smallest absolute Gasteiger partial charge is 0.244 e. The third kappa shape index (κ3) is 3.67. The predicted molar refractivity (Wildman–Crippen MR) is 81.6 cm³/mol. The Morgan fingerprint density at radius 1 is 1.65 bits per heavy atom. The number of carbonyl (C=O) groups excluding carboxylic acids is 1. The van der Waals surface area contributed by atoms with Gasteiger partial charge in [0.15, 0.2) is 0 Å². The number of rotatable bonds is 6. The quantitative estimate of drug-likeness (QED) is 0.791. The molecule has 2 atom stereocenters. The summed E-state index contributed by atoms with van der Waals surface area (Å²) in [5.74, 6) is 2.24. The van der Waals surface area contributed by atoms with E-state index >= 15 is 0 Å². The van der Waals surface area contributed by atoms with Crippen LogP contribution in [0.2, 0.25) is 0 Å². The van der Waals surface area contributed by atoms with Gasteiger partial charge in [-0.25, -0.2) is 0 Å². The monoisotopic (exact) mass is 295 g/mol. The number of hydrogen-bond acceptors (Lipinski definition) is 4. The average molecular weight is 295 g/mol. The molecular formula is C15H21NO3S. The summed E-state index contributed by atoms with van der Waals surface area (Å²) < 4.78 is 5.34. The molecule has 1 fully saturated rings. The molecule has 0 saturated heterocycles. The SMILES string of the molecule is CCSC1CCC1(O)CNC(=O)C=Cc1ccc(C)o1. The van der Waals surface area contributed by atoms with E-state index in [1.165, 1.54) is 6.08 Å². The molecule has 0 aromatic carbocycles. The van der Waals surface area contributed by atoms with Gasteiger partial charge in [-0.1, -0.05) is 6.92 Å². The van der Waals surface area contributed by atoms with Crippen LogP contribution in [0.3, 0.4) is 0 Å². The van der Waals surface area contributed by atoms with Gasteiger partial charge in [0, 0.05) is 17.9 Å². The van der Waals surface area contributed by atoms with Crippen molar-refractivity contribution < 1.29 is 14.3 Å². The molecule has 1 heterocycles. The molecule has 0 aliphatic heterocycles. The first-order chi connectivity index (χ1) is 9.53. The van der Waals surface area contributed by atoms with E-state index in [-0.39, 0.29) is 11.2 Å². The fourth-order valence-electron chi connectivity index (χ4n) is 2.24. The van der Waals surface area contributed by atoms with E-state index in [4.69, 9.17) is 4.42 Å². The van der Waals surface area contributed by atoms with Crippen LogP contribution in [0.15, 0.2) is 22.6 Å². The number of amides is 1. The first kappa shape index (κ1) is 15.2. The van der Waals surface area contributed by atoms with Crippen LogP contribution in [-0.2, 0) is 4.79 Å². The van der Waals surface area contributed by atoms with E-state index < -0.39 is 5.60 Å². The van der Waals surface area contributed by atoms with Crippen LogP contribution in [0.4, 0.5) is 0 Å². The van der Waals surface area contributed by atoms with Crippen LogP contribution in [0.5, 0.6) is 0 Å². The number of thioether (sulfide) groups is 1. The Balaban J connectivity index is 1.79. The largest absolute Gasteiger partial charge is 0.462 e. The van der Waals surface area contributed by atoms with Gasteiger partial charge in [-0.15, -0.1) is 0 Å². The van der Waals surface area contributed by atoms with Gasteiger partial charge in [-0.2, -0.15) is 11.8 Å². The summed E-state index contributed by atoms with van der Waals surface area (Å²) in [4.78, 5) is 11.7. The summed E-state index contributed by atoms with van der Waals surface area (Å²) in [6.45, 7) is 4.25. The van der Waals surface area contributed by atoms with Gasteiger partial charge < -0.3 is 14.8 Å². The van der Waals surface area contributed by atoms with Gasteiger partial charge in [0.05, 0.1) is 5.60 Å². The van der Waals surface area contributed by atoms with Crippen molar-refractivity contribution in [2.45, 2.75) is 37.5 Å². The summed E-state index contributed by atoms with van der Waals surface area (Å²) in [5, 5.41) is 13.4. The van der Waals surface area contributed by atoms with Gasteiger partial charge in [0.25, 0.3) is 0 Å². The Kier molecular flexibility index (Phi) is 4.94. The first-order valence-corrected chi connectivity index (χ1v) is 7.95. The van der Waals surface area contributed by atoms with E-state index in [0.29, 0.717) is 12.3 Å². The molecule has 0 bridgehead atoms. The van der Waals surface area contributed by atoms with Crippen LogP contribution in [0, 0.1) is 6.92 Å². The Bertz CT molecular complexity index is 497. The maximum atomic E-state index is 11.7. The van der Waals surface area contributed by atoms with Crippen LogP contribution < -0.4 is 5.32 Å². The zero-order chi connectivity index (χ0) is 14.6. The molecular weight excluding hydrogens is 274 g/mol. The highest BCUT2D eigenvalue weighted by atomic mass is 32.2. The number of hydrogen-bond donors (Lipinski definition) is 2. The molecule has 2 rings (SSSR count). The minimum atomic E-state index is -0.745. The van der Waals surface area contributed by atoms with Crippen LogP contribution in [0.1, 0.15) is 31.3 Å². The minimum absolute atomic E-state index is 0.209. The topological polar surface area (TPSA) is 62.5 Å². The lowest BCUT2D eigenvalue weighted by Gasteiger charge is -2.44. The summed E-state index contributed by atoms with van der Waals surface area (Å²) in [5.41, 5.74) is -0.745. The lowest BCUT2D eigenvalue weighted by atomic mass is 9.79. The number of furan rings is 1. The van der Waals surface area contributed by atoms with Gasteiger partial charge in [0.1, 0.15) is 11.5 Å². The second-order valence-electron chi connectivity index (χ2n) is 5.09. The Hall–Kier alpha value is -1.20. The van der Waals surface area contributed by atoms with Gasteiger partial charge >= 0.3 is 0 Å². The van der Waals surface area contributed by atoms with E-state index in [0.717, 1.165) is 24.4 Å². The predicted octanol–water partition coefficient (Wildman–Crippen LogP) is 2.36. The first-order valence-electron chi connectivity index (χ1n) is 6.90. The van der Waals surface area contributed by atoms with Crippen molar-refractivity contribution in [2.24, 2.45) is 0 Å². The number of aryl methyl sites for hydroxylation is 1. The molecule has 1 aliphatic rings. The third-order valence-corrected chi connectivity index (χ3v) is 4.95.